The van der Waals surface area contributed by atoms with E-state index in [4.69, 9.17) is 4.74 Å². The molecular formula is C26H30F2N4O3. The number of hydrogen-bond donors (Lipinski definition) is 2. The molecule has 0 radical (unpaired) electrons. The van der Waals surface area contributed by atoms with Gasteiger partial charge in [0, 0.05) is 38.4 Å². The first-order valence-electron chi connectivity index (χ1n) is 11.8. The highest BCUT2D eigenvalue weighted by Crippen LogP contribution is 2.30. The van der Waals surface area contributed by atoms with Gasteiger partial charge in [0.2, 0.25) is 0 Å². The molecular weight excluding hydrogens is 454 g/mol. The number of carbonyl (C=O) groups is 2. The Hall–Kier alpha value is -3.30. The minimum absolute atomic E-state index is 0.147. The quantitative estimate of drug-likeness (QED) is 0.591. The third-order valence-corrected chi connectivity index (χ3v) is 6.39. The Bertz CT molecular complexity index is 1040. The number of hydrogen-bond acceptors (Lipinski definition) is 5. The summed E-state index contributed by atoms with van der Waals surface area (Å²) in [7, 11) is 0. The summed E-state index contributed by atoms with van der Waals surface area (Å²) in [6.07, 6.45) is 0. The van der Waals surface area contributed by atoms with E-state index in [0.717, 1.165) is 11.1 Å². The van der Waals surface area contributed by atoms with Crippen molar-refractivity contribution in [2.45, 2.75) is 25.9 Å². The van der Waals surface area contributed by atoms with Crippen LogP contribution in [-0.2, 0) is 9.53 Å². The molecule has 9 heteroatoms. The molecule has 0 aliphatic carbocycles. The number of carbonyl (C=O) groups excluding carboxylic acids is 2. The molecule has 0 saturated carbocycles. The van der Waals surface area contributed by atoms with E-state index in [1.807, 2.05) is 0 Å². The average Bonchev–Trinajstić information content (AvgIpc) is 2.82. The van der Waals surface area contributed by atoms with Crippen LogP contribution in [0.4, 0.5) is 13.6 Å². The summed E-state index contributed by atoms with van der Waals surface area (Å²) < 4.78 is 32.3. The molecule has 2 aliphatic rings. The standard InChI is InChI=1S/C26H30F2N4O3/c1-3-35-25(33)23-17(2)29-26(34)30-22(23)16-31-12-14-32(15-13-31)24(18-4-8-20(27)9-5-18)19-6-10-21(28)11-7-19/h4-11,17,24H,3,12-16H2,1-2H3,(H2,29,30,34)/t17-/m0/s1. The Kier molecular flexibility index (Phi) is 7.77. The van der Waals surface area contributed by atoms with E-state index in [0.29, 0.717) is 44.0 Å². The maximum absolute atomic E-state index is 13.6. The van der Waals surface area contributed by atoms with Gasteiger partial charge < -0.3 is 15.4 Å². The van der Waals surface area contributed by atoms with Gasteiger partial charge in [-0.15, -0.1) is 0 Å². The third-order valence-electron chi connectivity index (χ3n) is 6.39. The van der Waals surface area contributed by atoms with Gasteiger partial charge in [0.15, 0.2) is 0 Å². The van der Waals surface area contributed by atoms with Gasteiger partial charge in [-0.25, -0.2) is 18.4 Å². The second kappa shape index (κ2) is 11.0. The van der Waals surface area contributed by atoms with Crippen molar-refractivity contribution in [3.8, 4) is 0 Å². The van der Waals surface area contributed by atoms with Crippen LogP contribution in [0.1, 0.15) is 31.0 Å². The molecule has 4 rings (SSSR count). The van der Waals surface area contributed by atoms with Crippen molar-refractivity contribution >= 4 is 12.0 Å². The number of amides is 2. The summed E-state index contributed by atoms with van der Waals surface area (Å²) in [6, 6.07) is 11.9. The molecule has 2 amide bonds. The van der Waals surface area contributed by atoms with Crippen molar-refractivity contribution in [3.05, 3.63) is 82.6 Å². The van der Waals surface area contributed by atoms with Crippen molar-refractivity contribution < 1.29 is 23.1 Å². The summed E-state index contributed by atoms with van der Waals surface area (Å²) >= 11 is 0. The Morgan fingerprint density at radius 2 is 1.54 bits per heavy atom. The largest absolute Gasteiger partial charge is 0.463 e. The zero-order valence-electron chi connectivity index (χ0n) is 19.9. The third kappa shape index (κ3) is 5.86. The predicted octanol–water partition coefficient (Wildman–Crippen LogP) is 3.19. The molecule has 1 fully saturated rings. The van der Waals surface area contributed by atoms with E-state index in [9.17, 15) is 18.4 Å². The van der Waals surface area contributed by atoms with Crippen molar-refractivity contribution in [1.29, 1.82) is 0 Å². The molecule has 1 atom stereocenters. The van der Waals surface area contributed by atoms with Crippen LogP contribution in [0.25, 0.3) is 0 Å². The van der Waals surface area contributed by atoms with Crippen LogP contribution in [-0.4, -0.2) is 67.2 Å². The molecule has 0 spiro atoms. The number of urea groups is 1. The van der Waals surface area contributed by atoms with Crippen LogP contribution in [0.5, 0.6) is 0 Å². The Morgan fingerprint density at radius 1 is 1.00 bits per heavy atom. The minimum atomic E-state index is -0.444. The number of benzene rings is 2. The van der Waals surface area contributed by atoms with Gasteiger partial charge >= 0.3 is 12.0 Å². The van der Waals surface area contributed by atoms with Crippen LogP contribution in [0.15, 0.2) is 59.8 Å². The van der Waals surface area contributed by atoms with Crippen LogP contribution < -0.4 is 10.6 Å². The number of nitrogens with zero attached hydrogens (tertiary/aromatic N) is 2. The molecule has 0 unspecified atom stereocenters. The SMILES string of the molecule is CCOC(=O)C1=C(CN2CCN(C(c3ccc(F)cc3)c3ccc(F)cc3)CC2)NC(=O)N[C@H]1C. The number of nitrogens with one attached hydrogen (secondary N) is 2. The zero-order valence-corrected chi connectivity index (χ0v) is 19.9. The topological polar surface area (TPSA) is 73.9 Å². The maximum Gasteiger partial charge on any atom is 0.337 e. The fraction of sp³-hybridized carbons (Fsp3) is 0.385. The maximum atomic E-state index is 13.6. The van der Waals surface area contributed by atoms with Gasteiger partial charge in [0.25, 0.3) is 0 Å². The molecule has 186 valence electrons. The fourth-order valence-corrected chi connectivity index (χ4v) is 4.71. The normalized spacial score (nSPS) is 19.5. The van der Waals surface area contributed by atoms with Gasteiger partial charge in [-0.05, 0) is 49.2 Å². The monoisotopic (exact) mass is 484 g/mol. The first-order chi connectivity index (χ1) is 16.9. The second-order valence-corrected chi connectivity index (χ2v) is 8.75. The highest BCUT2D eigenvalue weighted by Gasteiger charge is 2.32. The lowest BCUT2D eigenvalue weighted by atomic mass is 9.96. The molecule has 2 heterocycles. The summed E-state index contributed by atoms with van der Waals surface area (Å²) in [5, 5.41) is 5.50. The molecule has 2 aromatic carbocycles. The van der Waals surface area contributed by atoms with Crippen molar-refractivity contribution in [3.63, 3.8) is 0 Å². The number of halogens is 2. The summed E-state index contributed by atoms with van der Waals surface area (Å²) in [6.45, 7) is 6.95. The van der Waals surface area contributed by atoms with E-state index in [-0.39, 0.29) is 30.3 Å². The highest BCUT2D eigenvalue weighted by molar-refractivity contribution is 5.94. The second-order valence-electron chi connectivity index (χ2n) is 8.75. The highest BCUT2D eigenvalue weighted by atomic mass is 19.1. The summed E-state index contributed by atoms with van der Waals surface area (Å²) in [5.41, 5.74) is 2.85. The summed E-state index contributed by atoms with van der Waals surface area (Å²) in [5.74, 6) is -1.05. The predicted molar refractivity (Wildman–Crippen MR) is 127 cm³/mol. The number of esters is 1. The van der Waals surface area contributed by atoms with Crippen LogP contribution in [0.2, 0.25) is 0 Å². The Morgan fingerprint density at radius 3 is 2.06 bits per heavy atom. The average molecular weight is 485 g/mol. The molecule has 0 bridgehead atoms. The molecule has 7 nitrogen and oxygen atoms in total. The van der Waals surface area contributed by atoms with E-state index >= 15 is 0 Å². The van der Waals surface area contributed by atoms with E-state index in [2.05, 4.69) is 20.4 Å². The molecule has 1 saturated heterocycles. The number of ether oxygens (including phenoxy) is 1. The van der Waals surface area contributed by atoms with Crippen LogP contribution in [0.3, 0.4) is 0 Å². The molecule has 0 aromatic heterocycles. The lowest BCUT2D eigenvalue weighted by Crippen LogP contribution is -2.53. The van der Waals surface area contributed by atoms with Gasteiger partial charge in [0.1, 0.15) is 11.6 Å². The smallest absolute Gasteiger partial charge is 0.337 e. The van der Waals surface area contributed by atoms with Gasteiger partial charge in [-0.3, -0.25) is 9.80 Å². The van der Waals surface area contributed by atoms with E-state index in [1.54, 1.807) is 38.1 Å². The zero-order chi connectivity index (χ0) is 24.9. The lowest BCUT2D eigenvalue weighted by Gasteiger charge is -2.40. The van der Waals surface area contributed by atoms with E-state index in [1.165, 1.54) is 24.3 Å². The van der Waals surface area contributed by atoms with Crippen molar-refractivity contribution in [1.82, 2.24) is 20.4 Å². The number of piperazine rings is 1. The van der Waals surface area contributed by atoms with Crippen molar-refractivity contribution in [2.75, 3.05) is 39.3 Å². The molecule has 2 aromatic rings. The van der Waals surface area contributed by atoms with Crippen molar-refractivity contribution in [2.24, 2.45) is 0 Å². The lowest BCUT2D eigenvalue weighted by molar-refractivity contribution is -0.139. The molecule has 2 N–H and O–H groups in total. The molecule has 35 heavy (non-hydrogen) atoms. The van der Waals surface area contributed by atoms with Crippen LogP contribution >= 0.6 is 0 Å². The minimum Gasteiger partial charge on any atom is -0.463 e. The van der Waals surface area contributed by atoms with Crippen LogP contribution in [0, 0.1) is 11.6 Å². The molecule has 2 aliphatic heterocycles. The first kappa shape index (κ1) is 24.8. The number of rotatable bonds is 7. The Labute approximate surface area is 203 Å². The fourth-order valence-electron chi connectivity index (χ4n) is 4.71. The summed E-state index contributed by atoms with van der Waals surface area (Å²) in [4.78, 5) is 29.0. The van der Waals surface area contributed by atoms with Gasteiger partial charge in [-0.1, -0.05) is 24.3 Å². The van der Waals surface area contributed by atoms with E-state index < -0.39 is 12.0 Å². The first-order valence-corrected chi connectivity index (χ1v) is 11.8. The van der Waals surface area contributed by atoms with Gasteiger partial charge in [0.05, 0.1) is 24.3 Å². The van der Waals surface area contributed by atoms with Gasteiger partial charge in [-0.2, -0.15) is 0 Å². The Balaban J connectivity index is 1.51.